The predicted octanol–water partition coefficient (Wildman–Crippen LogP) is 2.77. The summed E-state index contributed by atoms with van der Waals surface area (Å²) in [5, 5.41) is 0.420. The van der Waals surface area contributed by atoms with Gasteiger partial charge in [0.15, 0.2) is 0 Å². The van der Waals surface area contributed by atoms with Crippen LogP contribution in [0.2, 0.25) is 5.02 Å². The number of halogens is 1. The summed E-state index contributed by atoms with van der Waals surface area (Å²) in [4.78, 5) is 18.2. The Labute approximate surface area is 122 Å². The summed E-state index contributed by atoms with van der Waals surface area (Å²) in [5.74, 6) is 0.712. The molecule has 1 aromatic carbocycles. The van der Waals surface area contributed by atoms with Crippen LogP contribution >= 0.6 is 11.6 Å². The minimum Gasteiger partial charge on any atom is -0.491 e. The third-order valence-electron chi connectivity index (χ3n) is 3.24. The van der Waals surface area contributed by atoms with Crippen LogP contribution in [0.15, 0.2) is 42.7 Å². The van der Waals surface area contributed by atoms with Gasteiger partial charge in [0.25, 0.3) is 5.91 Å². The summed E-state index contributed by atoms with van der Waals surface area (Å²) in [6, 6.07) is 9.37. The van der Waals surface area contributed by atoms with Crippen molar-refractivity contribution in [3.63, 3.8) is 0 Å². The molecule has 0 bridgehead atoms. The van der Waals surface area contributed by atoms with E-state index in [1.807, 2.05) is 24.3 Å². The van der Waals surface area contributed by atoms with Crippen molar-refractivity contribution in [2.45, 2.75) is 6.54 Å². The molecule has 0 fully saturated rings. The molecule has 0 atom stereocenters. The zero-order valence-corrected chi connectivity index (χ0v) is 11.5. The van der Waals surface area contributed by atoms with Gasteiger partial charge >= 0.3 is 0 Å². The van der Waals surface area contributed by atoms with E-state index in [9.17, 15) is 4.79 Å². The summed E-state index contributed by atoms with van der Waals surface area (Å²) < 4.78 is 5.65. The number of amides is 1. The minimum atomic E-state index is -0.122. The largest absolute Gasteiger partial charge is 0.491 e. The van der Waals surface area contributed by atoms with Crippen LogP contribution in [0.3, 0.4) is 0 Å². The SMILES string of the molecule is O=C(c1cnccc1Cl)N1CCOc2ccccc2C1. The number of hydrogen-bond donors (Lipinski definition) is 0. The Balaban J connectivity index is 1.88. The molecule has 0 N–H and O–H groups in total. The summed E-state index contributed by atoms with van der Waals surface area (Å²) in [6.07, 6.45) is 3.07. The van der Waals surface area contributed by atoms with Crippen molar-refractivity contribution in [2.24, 2.45) is 0 Å². The molecular formula is C15H13ClN2O2. The molecular weight excluding hydrogens is 276 g/mol. The number of hydrogen-bond acceptors (Lipinski definition) is 3. The Hall–Kier alpha value is -2.07. The molecule has 0 spiro atoms. The lowest BCUT2D eigenvalue weighted by molar-refractivity contribution is 0.0733. The van der Waals surface area contributed by atoms with Crippen molar-refractivity contribution in [1.29, 1.82) is 0 Å². The number of pyridine rings is 1. The molecule has 0 unspecified atom stereocenters. The van der Waals surface area contributed by atoms with Gasteiger partial charge < -0.3 is 9.64 Å². The number of rotatable bonds is 1. The summed E-state index contributed by atoms with van der Waals surface area (Å²) >= 11 is 6.06. The first-order valence-electron chi connectivity index (χ1n) is 6.35. The lowest BCUT2D eigenvalue weighted by Gasteiger charge is -2.20. The third kappa shape index (κ3) is 2.47. The van der Waals surface area contributed by atoms with Gasteiger partial charge in [-0.3, -0.25) is 9.78 Å². The van der Waals surface area contributed by atoms with Gasteiger partial charge in [-0.15, -0.1) is 0 Å². The van der Waals surface area contributed by atoms with Crippen LogP contribution in [0.1, 0.15) is 15.9 Å². The van der Waals surface area contributed by atoms with Crippen molar-refractivity contribution in [3.05, 3.63) is 58.9 Å². The molecule has 20 heavy (non-hydrogen) atoms. The topological polar surface area (TPSA) is 42.4 Å². The standard InChI is InChI=1S/C15H13ClN2O2/c16-13-5-6-17-9-12(13)15(19)18-7-8-20-14-4-2-1-3-11(14)10-18/h1-6,9H,7-8,10H2. The average Bonchev–Trinajstić information content (AvgIpc) is 2.69. The van der Waals surface area contributed by atoms with E-state index in [2.05, 4.69) is 4.98 Å². The zero-order valence-electron chi connectivity index (χ0n) is 10.8. The molecule has 1 aliphatic rings. The molecule has 102 valence electrons. The summed E-state index contributed by atoms with van der Waals surface area (Å²) in [7, 11) is 0. The highest BCUT2D eigenvalue weighted by atomic mass is 35.5. The highest BCUT2D eigenvalue weighted by molar-refractivity contribution is 6.33. The van der Waals surface area contributed by atoms with E-state index in [4.69, 9.17) is 16.3 Å². The number of para-hydroxylation sites is 1. The normalized spacial score (nSPS) is 14.2. The van der Waals surface area contributed by atoms with Gasteiger partial charge in [0.1, 0.15) is 12.4 Å². The van der Waals surface area contributed by atoms with E-state index in [1.165, 1.54) is 6.20 Å². The second-order valence-corrected chi connectivity index (χ2v) is 4.95. The van der Waals surface area contributed by atoms with E-state index in [1.54, 1.807) is 17.2 Å². The van der Waals surface area contributed by atoms with Gasteiger partial charge in [-0.05, 0) is 12.1 Å². The van der Waals surface area contributed by atoms with Gasteiger partial charge in [-0.2, -0.15) is 0 Å². The Morgan fingerprint density at radius 2 is 2.15 bits per heavy atom. The fourth-order valence-corrected chi connectivity index (χ4v) is 2.39. The maximum absolute atomic E-state index is 12.5. The molecule has 1 amide bonds. The lowest BCUT2D eigenvalue weighted by atomic mass is 10.1. The molecule has 1 aromatic heterocycles. The average molecular weight is 289 g/mol. The maximum Gasteiger partial charge on any atom is 0.257 e. The van der Waals surface area contributed by atoms with Crippen LogP contribution in [0, 0.1) is 0 Å². The monoisotopic (exact) mass is 288 g/mol. The van der Waals surface area contributed by atoms with E-state index in [-0.39, 0.29) is 5.91 Å². The quantitative estimate of drug-likeness (QED) is 0.810. The first-order valence-corrected chi connectivity index (χ1v) is 6.73. The molecule has 2 heterocycles. The highest BCUT2D eigenvalue weighted by Gasteiger charge is 2.22. The van der Waals surface area contributed by atoms with Crippen molar-refractivity contribution in [1.82, 2.24) is 9.88 Å². The van der Waals surface area contributed by atoms with Gasteiger partial charge in [0.2, 0.25) is 0 Å². The van der Waals surface area contributed by atoms with E-state index < -0.39 is 0 Å². The van der Waals surface area contributed by atoms with Crippen molar-refractivity contribution in [2.75, 3.05) is 13.2 Å². The zero-order chi connectivity index (χ0) is 13.9. The Kier molecular flexibility index (Phi) is 3.56. The smallest absolute Gasteiger partial charge is 0.257 e. The van der Waals surface area contributed by atoms with Crippen LogP contribution in [-0.4, -0.2) is 28.9 Å². The minimum absolute atomic E-state index is 0.122. The molecule has 1 aliphatic heterocycles. The Bertz CT molecular complexity index is 645. The Morgan fingerprint density at radius 1 is 1.30 bits per heavy atom. The van der Waals surface area contributed by atoms with Gasteiger partial charge in [0, 0.05) is 24.5 Å². The summed E-state index contributed by atoms with van der Waals surface area (Å²) in [5.41, 5.74) is 1.42. The van der Waals surface area contributed by atoms with E-state index >= 15 is 0 Å². The van der Waals surface area contributed by atoms with Crippen molar-refractivity contribution in [3.8, 4) is 5.75 Å². The first kappa shape index (κ1) is 12.9. The van der Waals surface area contributed by atoms with Crippen LogP contribution in [0.25, 0.3) is 0 Å². The number of benzene rings is 1. The van der Waals surface area contributed by atoms with Gasteiger partial charge in [0.05, 0.1) is 17.1 Å². The number of carbonyl (C=O) groups is 1. The number of aromatic nitrogens is 1. The number of nitrogens with zero attached hydrogens (tertiary/aromatic N) is 2. The highest BCUT2D eigenvalue weighted by Crippen LogP contribution is 2.24. The molecule has 5 heteroatoms. The molecule has 2 aromatic rings. The molecule has 0 radical (unpaired) electrons. The summed E-state index contributed by atoms with van der Waals surface area (Å²) in [6.45, 7) is 1.51. The molecule has 0 saturated heterocycles. The Morgan fingerprint density at radius 3 is 3.00 bits per heavy atom. The van der Waals surface area contributed by atoms with Crippen LogP contribution < -0.4 is 4.74 Å². The number of fused-ring (bicyclic) bond motifs is 1. The fourth-order valence-electron chi connectivity index (χ4n) is 2.20. The predicted molar refractivity (Wildman–Crippen MR) is 75.9 cm³/mol. The fraction of sp³-hybridized carbons (Fsp3) is 0.200. The lowest BCUT2D eigenvalue weighted by Crippen LogP contribution is -2.32. The van der Waals surface area contributed by atoms with Crippen LogP contribution in [-0.2, 0) is 6.54 Å². The van der Waals surface area contributed by atoms with Crippen LogP contribution in [0.5, 0.6) is 5.75 Å². The van der Waals surface area contributed by atoms with Crippen molar-refractivity contribution >= 4 is 17.5 Å². The number of carbonyl (C=O) groups excluding carboxylic acids is 1. The van der Waals surface area contributed by atoms with Crippen LogP contribution in [0.4, 0.5) is 0 Å². The third-order valence-corrected chi connectivity index (χ3v) is 3.57. The number of ether oxygens (including phenoxy) is 1. The molecule has 3 rings (SSSR count). The second-order valence-electron chi connectivity index (χ2n) is 4.54. The molecule has 0 saturated carbocycles. The van der Waals surface area contributed by atoms with Gasteiger partial charge in [-0.1, -0.05) is 29.8 Å². The second kappa shape index (κ2) is 5.51. The van der Waals surface area contributed by atoms with Crippen molar-refractivity contribution < 1.29 is 9.53 Å². The van der Waals surface area contributed by atoms with E-state index in [0.717, 1.165) is 11.3 Å². The van der Waals surface area contributed by atoms with Gasteiger partial charge in [-0.25, -0.2) is 0 Å². The van der Waals surface area contributed by atoms with E-state index in [0.29, 0.717) is 30.3 Å². The first-order chi connectivity index (χ1) is 9.75. The molecule has 4 nitrogen and oxygen atoms in total. The molecule has 0 aliphatic carbocycles. The maximum atomic E-state index is 12.5.